The molecule has 5 nitrogen and oxygen atoms in total. The van der Waals surface area contributed by atoms with Crippen LogP contribution in [-0.4, -0.2) is 21.5 Å². The van der Waals surface area contributed by atoms with E-state index < -0.39 is 0 Å². The number of aromatic nitrogens is 3. The molecule has 0 atom stereocenters. The summed E-state index contributed by atoms with van der Waals surface area (Å²) in [4.78, 5) is 12.7. The molecule has 0 spiro atoms. The minimum Gasteiger partial charge on any atom is -0.437 e. The zero-order valence-corrected chi connectivity index (χ0v) is 14.0. The number of hydrogen-bond donors (Lipinski definition) is 1. The number of ether oxygens (including phenoxy) is 1. The molecule has 2 heterocycles. The maximum Gasteiger partial charge on any atom is 0.227 e. The summed E-state index contributed by atoms with van der Waals surface area (Å²) in [6.07, 6.45) is 5.93. The monoisotopic (exact) mass is 350 g/mol. The molecule has 1 N–H and O–H groups in total. The standard InChI is InChI=1S/C15H19BrN4O/c1-4-5-18-14-13(10(2)3)15(20-9-19-14)21-12-6-11(16)7-17-8-12/h6-10H,4-5H2,1-3H3,(H,18,19,20). The van der Waals surface area contributed by atoms with Gasteiger partial charge >= 0.3 is 0 Å². The van der Waals surface area contributed by atoms with Gasteiger partial charge in [0.2, 0.25) is 5.88 Å². The first kappa shape index (κ1) is 15.7. The van der Waals surface area contributed by atoms with Gasteiger partial charge in [0.25, 0.3) is 0 Å². The number of pyridine rings is 1. The van der Waals surface area contributed by atoms with Crippen molar-refractivity contribution in [2.24, 2.45) is 0 Å². The molecule has 2 rings (SSSR count). The highest BCUT2D eigenvalue weighted by molar-refractivity contribution is 9.10. The van der Waals surface area contributed by atoms with E-state index in [1.807, 2.05) is 6.07 Å². The number of halogens is 1. The lowest BCUT2D eigenvalue weighted by Crippen LogP contribution is -2.08. The highest BCUT2D eigenvalue weighted by Gasteiger charge is 2.16. The van der Waals surface area contributed by atoms with Crippen LogP contribution in [0, 0.1) is 0 Å². The summed E-state index contributed by atoms with van der Waals surface area (Å²) >= 11 is 3.38. The van der Waals surface area contributed by atoms with Crippen molar-refractivity contribution in [2.45, 2.75) is 33.1 Å². The van der Waals surface area contributed by atoms with Gasteiger partial charge in [0.05, 0.1) is 11.8 Å². The second-order valence-electron chi connectivity index (χ2n) is 4.96. The van der Waals surface area contributed by atoms with E-state index in [-0.39, 0.29) is 5.92 Å². The third-order valence-corrected chi connectivity index (χ3v) is 3.30. The molecule has 6 heteroatoms. The lowest BCUT2D eigenvalue weighted by Gasteiger charge is -2.16. The zero-order valence-electron chi connectivity index (χ0n) is 12.4. The summed E-state index contributed by atoms with van der Waals surface area (Å²) in [5, 5.41) is 3.33. The summed E-state index contributed by atoms with van der Waals surface area (Å²) in [6.45, 7) is 7.19. The van der Waals surface area contributed by atoms with Crippen molar-refractivity contribution in [1.29, 1.82) is 0 Å². The predicted octanol–water partition coefficient (Wildman–Crippen LogP) is 4.37. The van der Waals surface area contributed by atoms with E-state index in [0.29, 0.717) is 11.6 Å². The number of nitrogens with one attached hydrogen (secondary N) is 1. The van der Waals surface area contributed by atoms with Crippen LogP contribution in [0.1, 0.15) is 38.7 Å². The molecule has 0 aliphatic carbocycles. The van der Waals surface area contributed by atoms with E-state index in [1.165, 1.54) is 6.33 Å². The van der Waals surface area contributed by atoms with Gasteiger partial charge in [0, 0.05) is 17.2 Å². The maximum absolute atomic E-state index is 5.89. The molecule has 0 aliphatic heterocycles. The molecule has 0 unspecified atom stereocenters. The van der Waals surface area contributed by atoms with E-state index in [2.05, 4.69) is 57.0 Å². The van der Waals surface area contributed by atoms with Gasteiger partial charge in [-0.3, -0.25) is 4.98 Å². The van der Waals surface area contributed by atoms with Gasteiger partial charge in [0.1, 0.15) is 17.9 Å². The minimum atomic E-state index is 0.251. The Bertz CT molecular complexity index is 604. The van der Waals surface area contributed by atoms with Crippen molar-refractivity contribution in [1.82, 2.24) is 15.0 Å². The molecule has 112 valence electrons. The third kappa shape index (κ3) is 4.14. The van der Waals surface area contributed by atoms with Crippen molar-refractivity contribution in [3.05, 3.63) is 34.8 Å². The quantitative estimate of drug-likeness (QED) is 0.837. The number of rotatable bonds is 6. The smallest absolute Gasteiger partial charge is 0.227 e. The number of hydrogen-bond acceptors (Lipinski definition) is 5. The second-order valence-corrected chi connectivity index (χ2v) is 5.88. The van der Waals surface area contributed by atoms with Crippen molar-refractivity contribution in [3.63, 3.8) is 0 Å². The Morgan fingerprint density at radius 3 is 2.76 bits per heavy atom. The molecule has 2 aromatic heterocycles. The minimum absolute atomic E-state index is 0.251. The largest absolute Gasteiger partial charge is 0.437 e. The Balaban J connectivity index is 2.33. The Hall–Kier alpha value is -1.69. The van der Waals surface area contributed by atoms with Crippen LogP contribution < -0.4 is 10.1 Å². The van der Waals surface area contributed by atoms with Gasteiger partial charge in [-0.1, -0.05) is 20.8 Å². The Morgan fingerprint density at radius 1 is 1.29 bits per heavy atom. The lowest BCUT2D eigenvalue weighted by atomic mass is 10.1. The van der Waals surface area contributed by atoms with E-state index in [4.69, 9.17) is 4.74 Å². The van der Waals surface area contributed by atoms with Crippen molar-refractivity contribution >= 4 is 21.7 Å². The van der Waals surface area contributed by atoms with Gasteiger partial charge in [-0.15, -0.1) is 0 Å². The number of anilines is 1. The van der Waals surface area contributed by atoms with Gasteiger partial charge in [-0.25, -0.2) is 9.97 Å². The molecule has 0 radical (unpaired) electrons. The lowest BCUT2D eigenvalue weighted by molar-refractivity contribution is 0.449. The molecule has 21 heavy (non-hydrogen) atoms. The SMILES string of the molecule is CCCNc1ncnc(Oc2cncc(Br)c2)c1C(C)C. The molecular weight excluding hydrogens is 332 g/mol. The van der Waals surface area contributed by atoms with Crippen molar-refractivity contribution in [2.75, 3.05) is 11.9 Å². The van der Waals surface area contributed by atoms with E-state index in [1.54, 1.807) is 12.4 Å². The topological polar surface area (TPSA) is 59.9 Å². The molecule has 0 bridgehead atoms. The fraction of sp³-hybridized carbons (Fsp3) is 0.400. The Morgan fingerprint density at radius 2 is 2.10 bits per heavy atom. The van der Waals surface area contributed by atoms with Crippen LogP contribution in [0.25, 0.3) is 0 Å². The summed E-state index contributed by atoms with van der Waals surface area (Å²) in [7, 11) is 0. The molecule has 0 amide bonds. The first-order chi connectivity index (χ1) is 10.1. The van der Waals surface area contributed by atoms with E-state index >= 15 is 0 Å². The van der Waals surface area contributed by atoms with Gasteiger partial charge in [0.15, 0.2) is 0 Å². The van der Waals surface area contributed by atoms with Gasteiger partial charge in [-0.05, 0) is 34.3 Å². The van der Waals surface area contributed by atoms with Crippen LogP contribution in [0.3, 0.4) is 0 Å². The van der Waals surface area contributed by atoms with Crippen LogP contribution in [0.4, 0.5) is 5.82 Å². The number of nitrogens with zero attached hydrogens (tertiary/aromatic N) is 3. The van der Waals surface area contributed by atoms with Crippen LogP contribution in [0.2, 0.25) is 0 Å². The van der Waals surface area contributed by atoms with E-state index in [9.17, 15) is 0 Å². The highest BCUT2D eigenvalue weighted by Crippen LogP contribution is 2.33. The summed E-state index contributed by atoms with van der Waals surface area (Å²) < 4.78 is 6.75. The average molecular weight is 351 g/mol. The first-order valence-corrected chi connectivity index (χ1v) is 7.78. The van der Waals surface area contributed by atoms with Crippen molar-refractivity contribution in [3.8, 4) is 11.6 Å². The van der Waals surface area contributed by atoms with Gasteiger partial charge < -0.3 is 10.1 Å². The van der Waals surface area contributed by atoms with Crippen LogP contribution in [-0.2, 0) is 0 Å². The summed E-state index contributed by atoms with van der Waals surface area (Å²) in [5.74, 6) is 2.30. The van der Waals surface area contributed by atoms with Crippen LogP contribution in [0.5, 0.6) is 11.6 Å². The highest BCUT2D eigenvalue weighted by atomic mass is 79.9. The van der Waals surface area contributed by atoms with E-state index in [0.717, 1.165) is 28.8 Å². The van der Waals surface area contributed by atoms with Crippen LogP contribution >= 0.6 is 15.9 Å². The zero-order chi connectivity index (χ0) is 15.2. The van der Waals surface area contributed by atoms with Crippen molar-refractivity contribution < 1.29 is 4.74 Å². The normalized spacial score (nSPS) is 10.7. The first-order valence-electron chi connectivity index (χ1n) is 6.99. The second kappa shape index (κ2) is 7.36. The summed E-state index contributed by atoms with van der Waals surface area (Å²) in [5.41, 5.74) is 0.978. The fourth-order valence-electron chi connectivity index (χ4n) is 1.93. The molecule has 0 saturated heterocycles. The molecule has 0 saturated carbocycles. The Labute approximate surface area is 133 Å². The molecule has 2 aromatic rings. The maximum atomic E-state index is 5.89. The molecule has 0 fully saturated rings. The Kier molecular flexibility index (Phi) is 5.50. The third-order valence-electron chi connectivity index (χ3n) is 2.86. The molecule has 0 aliphatic rings. The van der Waals surface area contributed by atoms with Crippen LogP contribution in [0.15, 0.2) is 29.3 Å². The summed E-state index contributed by atoms with van der Waals surface area (Å²) in [6, 6.07) is 1.86. The average Bonchev–Trinajstić information content (AvgIpc) is 2.45. The molecular formula is C15H19BrN4O. The molecule has 0 aromatic carbocycles. The fourth-order valence-corrected chi connectivity index (χ4v) is 2.27. The van der Waals surface area contributed by atoms with Gasteiger partial charge in [-0.2, -0.15) is 0 Å². The predicted molar refractivity (Wildman–Crippen MR) is 86.9 cm³/mol.